The maximum atomic E-state index is 12.7. The van der Waals surface area contributed by atoms with Crippen LogP contribution in [0.2, 0.25) is 0 Å². The van der Waals surface area contributed by atoms with Crippen molar-refractivity contribution in [3.8, 4) is 5.75 Å². The summed E-state index contributed by atoms with van der Waals surface area (Å²) in [6, 6.07) is 4.18. The van der Waals surface area contributed by atoms with Crippen molar-refractivity contribution in [2.75, 3.05) is 0 Å². The van der Waals surface area contributed by atoms with Crippen molar-refractivity contribution in [1.82, 2.24) is 10.2 Å². The Kier molecular flexibility index (Phi) is 6.85. The monoisotopic (exact) mass is 402 g/mol. The van der Waals surface area contributed by atoms with E-state index in [0.29, 0.717) is 12.0 Å². The number of nitrogens with one attached hydrogen (secondary N) is 1. The first-order valence-corrected chi connectivity index (χ1v) is 10.1. The molecule has 1 N–H and O–H groups in total. The molecule has 1 atom stereocenters. The number of hydrogen-bond donors (Lipinski definition) is 1. The number of unbranched alkanes of at least 4 members (excludes halogenated alkanes) is 4. The van der Waals surface area contributed by atoms with Crippen molar-refractivity contribution in [2.45, 2.75) is 70.9 Å². The van der Waals surface area contributed by atoms with Crippen LogP contribution in [0.25, 0.3) is 0 Å². The van der Waals surface area contributed by atoms with Crippen LogP contribution >= 0.6 is 0 Å². The number of rotatable bonds is 9. The van der Waals surface area contributed by atoms with Crippen LogP contribution in [-0.2, 0) is 25.8 Å². The zero-order valence-corrected chi connectivity index (χ0v) is 16.6. The SMILES string of the molecule is CCCCCCCC(=O)OOc1ccc2c(c1)C(=O)N(C1CCC(=O)NC1=O)C2. The summed E-state index contributed by atoms with van der Waals surface area (Å²) in [6.45, 7) is 2.42. The fourth-order valence-corrected chi connectivity index (χ4v) is 3.59. The van der Waals surface area contributed by atoms with E-state index in [1.807, 2.05) is 0 Å². The van der Waals surface area contributed by atoms with Gasteiger partial charge in [-0.2, -0.15) is 0 Å². The average molecular weight is 402 g/mol. The van der Waals surface area contributed by atoms with Crippen molar-refractivity contribution in [3.63, 3.8) is 0 Å². The Hall–Kier alpha value is -2.90. The summed E-state index contributed by atoms with van der Waals surface area (Å²) in [5.74, 6) is -1.27. The number of carbonyl (C=O) groups is 4. The number of fused-ring (bicyclic) bond motifs is 1. The summed E-state index contributed by atoms with van der Waals surface area (Å²) in [5, 5.41) is 2.27. The first kappa shape index (κ1) is 20.8. The highest BCUT2D eigenvalue weighted by molar-refractivity contribution is 6.05. The summed E-state index contributed by atoms with van der Waals surface area (Å²) < 4.78 is 0. The van der Waals surface area contributed by atoms with Gasteiger partial charge in [0.25, 0.3) is 5.91 Å². The predicted molar refractivity (Wildman–Crippen MR) is 103 cm³/mol. The molecule has 1 saturated heterocycles. The average Bonchev–Trinajstić information content (AvgIpc) is 3.02. The Morgan fingerprint density at radius 3 is 2.72 bits per heavy atom. The minimum Gasteiger partial charge on any atom is -0.322 e. The Bertz CT molecular complexity index is 806. The molecule has 0 radical (unpaired) electrons. The van der Waals surface area contributed by atoms with Gasteiger partial charge in [0, 0.05) is 18.5 Å². The van der Waals surface area contributed by atoms with E-state index in [1.54, 1.807) is 12.1 Å². The van der Waals surface area contributed by atoms with Crippen molar-refractivity contribution in [1.29, 1.82) is 0 Å². The maximum absolute atomic E-state index is 12.7. The van der Waals surface area contributed by atoms with Gasteiger partial charge in [0.2, 0.25) is 11.8 Å². The molecule has 8 nitrogen and oxygen atoms in total. The second kappa shape index (κ2) is 9.54. The molecule has 2 aliphatic heterocycles. The Morgan fingerprint density at radius 1 is 1.17 bits per heavy atom. The fraction of sp³-hybridized carbons (Fsp3) is 0.524. The second-order valence-corrected chi connectivity index (χ2v) is 7.42. The molecular weight excluding hydrogens is 376 g/mol. The van der Waals surface area contributed by atoms with Crippen LogP contribution in [0.4, 0.5) is 0 Å². The number of benzene rings is 1. The molecule has 0 bridgehead atoms. The second-order valence-electron chi connectivity index (χ2n) is 7.42. The molecule has 0 saturated carbocycles. The van der Waals surface area contributed by atoms with E-state index < -0.39 is 17.9 Å². The van der Waals surface area contributed by atoms with Gasteiger partial charge in [0.15, 0.2) is 5.75 Å². The molecule has 29 heavy (non-hydrogen) atoms. The number of imide groups is 1. The molecule has 1 aromatic rings. The van der Waals surface area contributed by atoms with Crippen LogP contribution in [0.1, 0.15) is 74.2 Å². The van der Waals surface area contributed by atoms with E-state index in [4.69, 9.17) is 9.78 Å². The molecule has 1 fully saturated rings. The Morgan fingerprint density at radius 2 is 1.97 bits per heavy atom. The molecular formula is C21H26N2O6. The summed E-state index contributed by atoms with van der Waals surface area (Å²) in [5.41, 5.74) is 1.16. The number of amides is 3. The zero-order chi connectivity index (χ0) is 20.8. The largest absolute Gasteiger partial charge is 0.355 e. The Balaban J connectivity index is 1.53. The quantitative estimate of drug-likeness (QED) is 0.295. The molecule has 3 amide bonds. The molecule has 3 rings (SSSR count). The van der Waals surface area contributed by atoms with Gasteiger partial charge in [0.05, 0.1) is 6.42 Å². The topological polar surface area (TPSA) is 102 Å². The van der Waals surface area contributed by atoms with Gasteiger partial charge < -0.3 is 4.90 Å². The van der Waals surface area contributed by atoms with E-state index >= 15 is 0 Å². The third kappa shape index (κ3) is 5.13. The van der Waals surface area contributed by atoms with Crippen LogP contribution in [0.3, 0.4) is 0 Å². The third-order valence-electron chi connectivity index (χ3n) is 5.21. The van der Waals surface area contributed by atoms with Gasteiger partial charge in [0.1, 0.15) is 6.04 Å². The van der Waals surface area contributed by atoms with Gasteiger partial charge in [-0.25, -0.2) is 4.79 Å². The Labute approximate surface area is 169 Å². The highest BCUT2D eigenvalue weighted by atomic mass is 17.2. The van der Waals surface area contributed by atoms with Gasteiger partial charge in [-0.1, -0.05) is 38.7 Å². The van der Waals surface area contributed by atoms with E-state index in [2.05, 4.69) is 12.2 Å². The first-order chi connectivity index (χ1) is 14.0. The number of hydrogen-bond acceptors (Lipinski definition) is 6. The van der Waals surface area contributed by atoms with E-state index in [0.717, 1.165) is 37.7 Å². The van der Waals surface area contributed by atoms with E-state index in [1.165, 1.54) is 11.0 Å². The van der Waals surface area contributed by atoms with Crippen molar-refractivity contribution < 1.29 is 29.0 Å². The van der Waals surface area contributed by atoms with Crippen LogP contribution in [-0.4, -0.2) is 34.6 Å². The summed E-state index contributed by atoms with van der Waals surface area (Å²) in [7, 11) is 0. The van der Waals surface area contributed by atoms with Crippen LogP contribution in [0.5, 0.6) is 5.75 Å². The maximum Gasteiger partial charge on any atom is 0.355 e. The van der Waals surface area contributed by atoms with Gasteiger partial charge in [-0.3, -0.25) is 29.5 Å². The predicted octanol–water partition coefficient (Wildman–Crippen LogP) is 2.65. The van der Waals surface area contributed by atoms with Crippen molar-refractivity contribution in [2.24, 2.45) is 0 Å². The molecule has 0 aliphatic carbocycles. The standard InChI is InChI=1S/C21H26N2O6/c1-2-3-4-5-6-7-19(25)29-28-15-9-8-14-13-23(21(27)16(14)12-15)17-10-11-18(24)22-20(17)26/h8-9,12,17H,2-7,10-11,13H2,1H3,(H,22,24,26). The molecule has 1 unspecified atom stereocenters. The molecule has 0 aromatic heterocycles. The van der Waals surface area contributed by atoms with E-state index in [9.17, 15) is 19.2 Å². The van der Waals surface area contributed by atoms with Crippen LogP contribution in [0.15, 0.2) is 18.2 Å². The molecule has 2 heterocycles. The number of carbonyl (C=O) groups excluding carboxylic acids is 4. The minimum atomic E-state index is -0.664. The van der Waals surface area contributed by atoms with E-state index in [-0.39, 0.29) is 37.0 Å². The van der Waals surface area contributed by atoms with Gasteiger partial charge in [-0.15, -0.1) is 0 Å². The smallest absolute Gasteiger partial charge is 0.322 e. The summed E-state index contributed by atoms with van der Waals surface area (Å²) in [4.78, 5) is 59.3. The lowest BCUT2D eigenvalue weighted by Crippen LogP contribution is -2.52. The summed E-state index contributed by atoms with van der Waals surface area (Å²) in [6.07, 6.45) is 5.94. The summed E-state index contributed by atoms with van der Waals surface area (Å²) >= 11 is 0. The molecule has 156 valence electrons. The van der Waals surface area contributed by atoms with Crippen molar-refractivity contribution >= 4 is 23.7 Å². The lowest BCUT2D eigenvalue weighted by molar-refractivity contribution is -0.213. The molecule has 1 aromatic carbocycles. The first-order valence-electron chi connectivity index (χ1n) is 10.1. The molecule has 0 spiro atoms. The molecule has 8 heteroatoms. The minimum absolute atomic E-state index is 0.208. The zero-order valence-electron chi connectivity index (χ0n) is 16.6. The van der Waals surface area contributed by atoms with Crippen LogP contribution in [0, 0.1) is 0 Å². The van der Waals surface area contributed by atoms with Crippen molar-refractivity contribution in [3.05, 3.63) is 29.3 Å². The van der Waals surface area contributed by atoms with Gasteiger partial charge in [-0.05, 0) is 30.5 Å². The fourth-order valence-electron chi connectivity index (χ4n) is 3.59. The lowest BCUT2D eigenvalue weighted by Gasteiger charge is -2.29. The lowest BCUT2D eigenvalue weighted by atomic mass is 10.0. The van der Waals surface area contributed by atoms with Crippen LogP contribution < -0.4 is 10.2 Å². The normalized spacial score (nSPS) is 18.4. The highest BCUT2D eigenvalue weighted by Crippen LogP contribution is 2.30. The number of nitrogens with zero attached hydrogens (tertiary/aromatic N) is 1. The third-order valence-corrected chi connectivity index (χ3v) is 5.21. The number of piperidine rings is 1. The highest BCUT2D eigenvalue weighted by Gasteiger charge is 2.39. The van der Waals surface area contributed by atoms with Gasteiger partial charge >= 0.3 is 5.97 Å². The molecule has 2 aliphatic rings.